The molecule has 0 aliphatic heterocycles. The highest BCUT2D eigenvalue weighted by atomic mass is 16.1. The van der Waals surface area contributed by atoms with Gasteiger partial charge in [-0.2, -0.15) is 0 Å². The maximum absolute atomic E-state index is 12.0. The van der Waals surface area contributed by atoms with Gasteiger partial charge in [0.05, 0.1) is 6.20 Å². The van der Waals surface area contributed by atoms with E-state index in [4.69, 9.17) is 0 Å². The monoisotopic (exact) mass is 226 g/mol. The molecule has 0 aliphatic carbocycles. The van der Waals surface area contributed by atoms with Gasteiger partial charge in [0.25, 0.3) is 0 Å². The SMILES string of the molecule is CC(C)c1ccc(C(=O)c2cnccn2)cc1. The highest BCUT2D eigenvalue weighted by Crippen LogP contribution is 2.15. The molecule has 1 heterocycles. The lowest BCUT2D eigenvalue weighted by Gasteiger charge is -2.05. The Morgan fingerprint density at radius 2 is 1.82 bits per heavy atom. The van der Waals surface area contributed by atoms with Gasteiger partial charge in [-0.3, -0.25) is 9.78 Å². The van der Waals surface area contributed by atoms with Crippen LogP contribution in [0.25, 0.3) is 0 Å². The number of carbonyl (C=O) groups is 1. The predicted molar refractivity (Wildman–Crippen MR) is 66.0 cm³/mol. The maximum atomic E-state index is 12.0. The van der Waals surface area contributed by atoms with Crippen molar-refractivity contribution in [3.05, 3.63) is 59.7 Å². The van der Waals surface area contributed by atoms with Crippen molar-refractivity contribution in [3.63, 3.8) is 0 Å². The van der Waals surface area contributed by atoms with Crippen LogP contribution in [-0.4, -0.2) is 15.8 Å². The number of hydrogen-bond donors (Lipinski definition) is 0. The molecule has 0 unspecified atom stereocenters. The van der Waals surface area contributed by atoms with Crippen molar-refractivity contribution in [1.29, 1.82) is 0 Å². The first kappa shape index (κ1) is 11.5. The fourth-order valence-electron chi connectivity index (χ4n) is 1.58. The van der Waals surface area contributed by atoms with E-state index in [1.54, 1.807) is 6.20 Å². The Labute approximate surface area is 101 Å². The van der Waals surface area contributed by atoms with Gasteiger partial charge in [-0.15, -0.1) is 0 Å². The fourth-order valence-corrected chi connectivity index (χ4v) is 1.58. The Balaban J connectivity index is 2.27. The normalized spacial score (nSPS) is 10.5. The molecule has 0 bridgehead atoms. The first-order valence-corrected chi connectivity index (χ1v) is 5.59. The van der Waals surface area contributed by atoms with E-state index in [1.807, 2.05) is 24.3 Å². The zero-order chi connectivity index (χ0) is 12.3. The molecule has 3 nitrogen and oxygen atoms in total. The van der Waals surface area contributed by atoms with Crippen LogP contribution in [0.1, 0.15) is 41.4 Å². The van der Waals surface area contributed by atoms with Crippen molar-refractivity contribution in [2.24, 2.45) is 0 Å². The molecule has 0 N–H and O–H groups in total. The van der Waals surface area contributed by atoms with Crippen LogP contribution in [0, 0.1) is 0 Å². The molecule has 0 saturated carbocycles. The third kappa shape index (κ3) is 2.56. The molecule has 0 atom stereocenters. The molecule has 3 heteroatoms. The van der Waals surface area contributed by atoms with Gasteiger partial charge in [0.15, 0.2) is 0 Å². The molecular weight excluding hydrogens is 212 g/mol. The van der Waals surface area contributed by atoms with Crippen molar-refractivity contribution < 1.29 is 4.79 Å². The quantitative estimate of drug-likeness (QED) is 0.756. The average Bonchev–Trinajstić information content (AvgIpc) is 2.39. The number of rotatable bonds is 3. The minimum atomic E-state index is -0.0894. The molecule has 0 amide bonds. The lowest BCUT2D eigenvalue weighted by atomic mass is 10.00. The summed E-state index contributed by atoms with van der Waals surface area (Å²) in [4.78, 5) is 19.9. The zero-order valence-corrected chi connectivity index (χ0v) is 9.92. The van der Waals surface area contributed by atoms with Gasteiger partial charge in [-0.05, 0) is 11.5 Å². The van der Waals surface area contributed by atoms with Gasteiger partial charge >= 0.3 is 0 Å². The van der Waals surface area contributed by atoms with Gasteiger partial charge in [-0.1, -0.05) is 38.1 Å². The lowest BCUT2D eigenvalue weighted by Crippen LogP contribution is -2.04. The van der Waals surface area contributed by atoms with Crippen LogP contribution >= 0.6 is 0 Å². The second-order valence-electron chi connectivity index (χ2n) is 4.20. The predicted octanol–water partition coefficient (Wildman–Crippen LogP) is 2.83. The van der Waals surface area contributed by atoms with E-state index in [0.29, 0.717) is 17.2 Å². The third-order valence-electron chi connectivity index (χ3n) is 2.64. The van der Waals surface area contributed by atoms with E-state index < -0.39 is 0 Å². The second-order valence-corrected chi connectivity index (χ2v) is 4.20. The summed E-state index contributed by atoms with van der Waals surface area (Å²) in [5.41, 5.74) is 2.25. The second kappa shape index (κ2) is 4.87. The topological polar surface area (TPSA) is 42.9 Å². The van der Waals surface area contributed by atoms with E-state index in [9.17, 15) is 4.79 Å². The van der Waals surface area contributed by atoms with Crippen LogP contribution in [0.2, 0.25) is 0 Å². The summed E-state index contributed by atoms with van der Waals surface area (Å²) in [5, 5.41) is 0. The van der Waals surface area contributed by atoms with Gasteiger partial charge in [0, 0.05) is 18.0 Å². The van der Waals surface area contributed by atoms with Crippen molar-refractivity contribution in [3.8, 4) is 0 Å². The van der Waals surface area contributed by atoms with Crippen LogP contribution in [-0.2, 0) is 0 Å². The van der Waals surface area contributed by atoms with Crippen LogP contribution in [0.4, 0.5) is 0 Å². The summed E-state index contributed by atoms with van der Waals surface area (Å²) in [5.74, 6) is 0.379. The molecule has 2 aromatic rings. The van der Waals surface area contributed by atoms with E-state index in [2.05, 4.69) is 23.8 Å². The molecule has 0 fully saturated rings. The fraction of sp³-hybridized carbons (Fsp3) is 0.214. The molecule has 86 valence electrons. The first-order valence-electron chi connectivity index (χ1n) is 5.59. The largest absolute Gasteiger partial charge is 0.287 e. The summed E-state index contributed by atoms with van der Waals surface area (Å²) < 4.78 is 0. The Kier molecular flexibility index (Phi) is 3.28. The minimum absolute atomic E-state index is 0.0894. The van der Waals surface area contributed by atoms with Crippen LogP contribution < -0.4 is 0 Å². The summed E-state index contributed by atoms with van der Waals surface area (Å²) in [6.07, 6.45) is 4.56. The van der Waals surface area contributed by atoms with Crippen molar-refractivity contribution in [2.75, 3.05) is 0 Å². The van der Waals surface area contributed by atoms with Crippen molar-refractivity contribution in [1.82, 2.24) is 9.97 Å². The highest BCUT2D eigenvalue weighted by molar-refractivity contribution is 6.07. The molecule has 0 saturated heterocycles. The number of benzene rings is 1. The van der Waals surface area contributed by atoms with Crippen molar-refractivity contribution >= 4 is 5.78 Å². The van der Waals surface area contributed by atoms with Crippen molar-refractivity contribution in [2.45, 2.75) is 19.8 Å². The van der Waals surface area contributed by atoms with Crippen LogP contribution in [0.15, 0.2) is 42.9 Å². The van der Waals surface area contributed by atoms with Crippen LogP contribution in [0.3, 0.4) is 0 Å². The molecule has 17 heavy (non-hydrogen) atoms. The molecule has 1 aromatic heterocycles. The molecule has 0 spiro atoms. The molecule has 1 aromatic carbocycles. The van der Waals surface area contributed by atoms with E-state index >= 15 is 0 Å². The zero-order valence-electron chi connectivity index (χ0n) is 9.92. The van der Waals surface area contributed by atoms with E-state index in [-0.39, 0.29) is 5.78 Å². The minimum Gasteiger partial charge on any atom is -0.287 e. The van der Waals surface area contributed by atoms with Gasteiger partial charge in [-0.25, -0.2) is 4.98 Å². The third-order valence-corrected chi connectivity index (χ3v) is 2.64. The average molecular weight is 226 g/mol. The number of hydrogen-bond acceptors (Lipinski definition) is 3. The number of nitrogens with zero attached hydrogens (tertiary/aromatic N) is 2. The lowest BCUT2D eigenvalue weighted by molar-refractivity contribution is 0.103. The summed E-state index contributed by atoms with van der Waals surface area (Å²) in [7, 11) is 0. The number of ketones is 1. The Bertz CT molecular complexity index is 504. The summed E-state index contributed by atoms with van der Waals surface area (Å²) >= 11 is 0. The van der Waals surface area contributed by atoms with Gasteiger partial charge in [0.2, 0.25) is 5.78 Å². The highest BCUT2D eigenvalue weighted by Gasteiger charge is 2.10. The Morgan fingerprint density at radius 3 is 2.35 bits per heavy atom. The molecule has 0 aliphatic rings. The number of carbonyl (C=O) groups excluding carboxylic acids is 1. The standard InChI is InChI=1S/C14H14N2O/c1-10(2)11-3-5-12(6-4-11)14(17)13-9-15-7-8-16-13/h3-10H,1-2H3. The smallest absolute Gasteiger partial charge is 0.212 e. The van der Waals surface area contributed by atoms with E-state index in [0.717, 1.165) is 0 Å². The maximum Gasteiger partial charge on any atom is 0.212 e. The van der Waals surface area contributed by atoms with Gasteiger partial charge < -0.3 is 0 Å². The Morgan fingerprint density at radius 1 is 1.12 bits per heavy atom. The van der Waals surface area contributed by atoms with Crippen LogP contribution in [0.5, 0.6) is 0 Å². The first-order chi connectivity index (χ1) is 8.18. The molecule has 2 rings (SSSR count). The Hall–Kier alpha value is -2.03. The summed E-state index contributed by atoms with van der Waals surface area (Å²) in [6.45, 7) is 4.25. The summed E-state index contributed by atoms with van der Waals surface area (Å²) in [6, 6.07) is 7.64. The van der Waals surface area contributed by atoms with E-state index in [1.165, 1.54) is 18.0 Å². The number of aromatic nitrogens is 2. The molecule has 0 radical (unpaired) electrons. The van der Waals surface area contributed by atoms with Gasteiger partial charge in [0.1, 0.15) is 5.69 Å². The molecular formula is C14H14N2O.